The predicted octanol–water partition coefficient (Wildman–Crippen LogP) is 2.84. The molecule has 3 rings (SSSR count). The van der Waals surface area contributed by atoms with Gasteiger partial charge in [0.15, 0.2) is 5.76 Å². The van der Waals surface area contributed by atoms with Crippen molar-refractivity contribution in [3.63, 3.8) is 0 Å². The van der Waals surface area contributed by atoms with Crippen LogP contribution in [0.2, 0.25) is 5.02 Å². The molecule has 2 heterocycles. The van der Waals surface area contributed by atoms with Crippen LogP contribution in [-0.4, -0.2) is 41.6 Å². The fourth-order valence-electron chi connectivity index (χ4n) is 2.48. The van der Waals surface area contributed by atoms with Crippen LogP contribution in [-0.2, 0) is 4.74 Å². The average Bonchev–Trinajstić information content (AvgIpc) is 3.05. The average molecular weight is 336 g/mol. The van der Waals surface area contributed by atoms with Gasteiger partial charge in [0, 0.05) is 17.1 Å². The molecule has 0 spiro atoms. The standard InChI is InChI=1S/C16H14ClNO5/c17-11-4-2-1-3-10(11)14-9-18(7-8-22-14)15(19)12-5-6-13(23-12)16(20)21/h1-6,14H,7-9H2,(H,20,21). The molecule has 1 aromatic heterocycles. The molecule has 2 aromatic rings. The van der Waals surface area contributed by atoms with E-state index in [0.29, 0.717) is 24.7 Å². The smallest absolute Gasteiger partial charge is 0.371 e. The van der Waals surface area contributed by atoms with Crippen LogP contribution >= 0.6 is 11.6 Å². The molecule has 1 aliphatic heterocycles. The maximum absolute atomic E-state index is 12.4. The van der Waals surface area contributed by atoms with Gasteiger partial charge in [0.25, 0.3) is 5.91 Å². The van der Waals surface area contributed by atoms with E-state index in [1.165, 1.54) is 12.1 Å². The summed E-state index contributed by atoms with van der Waals surface area (Å²) < 4.78 is 10.8. The number of halogens is 1. The minimum Gasteiger partial charge on any atom is -0.475 e. The third kappa shape index (κ3) is 3.23. The second kappa shape index (κ2) is 6.44. The Hall–Kier alpha value is -2.31. The van der Waals surface area contributed by atoms with E-state index in [1.807, 2.05) is 18.2 Å². The fraction of sp³-hybridized carbons (Fsp3) is 0.250. The molecule has 1 N–H and O–H groups in total. The Labute approximate surface area is 137 Å². The van der Waals surface area contributed by atoms with Gasteiger partial charge >= 0.3 is 5.97 Å². The van der Waals surface area contributed by atoms with E-state index in [1.54, 1.807) is 11.0 Å². The maximum Gasteiger partial charge on any atom is 0.371 e. The van der Waals surface area contributed by atoms with Crippen LogP contribution in [0, 0.1) is 0 Å². The normalized spacial score (nSPS) is 18.0. The summed E-state index contributed by atoms with van der Waals surface area (Å²) in [6.45, 7) is 1.10. The van der Waals surface area contributed by atoms with Crippen molar-refractivity contribution in [3.8, 4) is 0 Å². The van der Waals surface area contributed by atoms with E-state index < -0.39 is 5.97 Å². The number of carboxylic acids is 1. The van der Waals surface area contributed by atoms with E-state index in [-0.39, 0.29) is 23.5 Å². The lowest BCUT2D eigenvalue weighted by Gasteiger charge is -2.33. The number of benzene rings is 1. The number of nitrogens with zero attached hydrogens (tertiary/aromatic N) is 1. The molecule has 1 amide bonds. The van der Waals surface area contributed by atoms with Crippen molar-refractivity contribution in [2.24, 2.45) is 0 Å². The minimum atomic E-state index is -1.21. The van der Waals surface area contributed by atoms with Gasteiger partial charge in [0.1, 0.15) is 6.10 Å². The zero-order chi connectivity index (χ0) is 16.4. The molecule has 7 heteroatoms. The van der Waals surface area contributed by atoms with Gasteiger partial charge in [-0.2, -0.15) is 0 Å². The molecule has 1 fully saturated rings. The summed E-state index contributed by atoms with van der Waals surface area (Å²) in [7, 11) is 0. The highest BCUT2D eigenvalue weighted by atomic mass is 35.5. The van der Waals surface area contributed by atoms with Crippen molar-refractivity contribution in [1.29, 1.82) is 0 Å². The van der Waals surface area contributed by atoms with Gasteiger partial charge in [0.05, 0.1) is 13.2 Å². The van der Waals surface area contributed by atoms with Crippen molar-refractivity contribution in [2.45, 2.75) is 6.10 Å². The topological polar surface area (TPSA) is 80.0 Å². The van der Waals surface area contributed by atoms with Crippen LogP contribution in [0.4, 0.5) is 0 Å². The van der Waals surface area contributed by atoms with E-state index in [9.17, 15) is 9.59 Å². The van der Waals surface area contributed by atoms with E-state index in [0.717, 1.165) is 5.56 Å². The number of carboxylic acid groups (broad SMARTS) is 1. The molecule has 1 aromatic carbocycles. The Morgan fingerprint density at radius 1 is 1.17 bits per heavy atom. The first-order valence-electron chi connectivity index (χ1n) is 7.04. The summed E-state index contributed by atoms with van der Waals surface area (Å²) in [4.78, 5) is 24.9. The SMILES string of the molecule is O=C(O)c1ccc(C(=O)N2CCOC(c3ccccc3Cl)C2)o1. The summed E-state index contributed by atoms with van der Waals surface area (Å²) >= 11 is 6.17. The van der Waals surface area contributed by atoms with E-state index >= 15 is 0 Å². The Kier molecular flexibility index (Phi) is 4.36. The molecule has 120 valence electrons. The molecule has 1 unspecified atom stereocenters. The van der Waals surface area contributed by atoms with Gasteiger partial charge in [-0.05, 0) is 18.2 Å². The van der Waals surface area contributed by atoms with Crippen LogP contribution in [0.1, 0.15) is 32.8 Å². The predicted molar refractivity (Wildman–Crippen MR) is 81.7 cm³/mol. The summed E-state index contributed by atoms with van der Waals surface area (Å²) in [6.07, 6.45) is -0.324. The molecule has 6 nitrogen and oxygen atoms in total. The number of amides is 1. The summed E-state index contributed by atoms with van der Waals surface area (Å²) in [5.74, 6) is -1.83. The number of aromatic carboxylic acids is 1. The van der Waals surface area contributed by atoms with Crippen molar-refractivity contribution < 1.29 is 23.8 Å². The number of hydrogen-bond acceptors (Lipinski definition) is 4. The zero-order valence-electron chi connectivity index (χ0n) is 12.1. The number of rotatable bonds is 3. The summed E-state index contributed by atoms with van der Waals surface area (Å²) in [5.41, 5.74) is 0.817. The van der Waals surface area contributed by atoms with Gasteiger partial charge in [-0.25, -0.2) is 4.79 Å². The van der Waals surface area contributed by atoms with Gasteiger partial charge in [-0.15, -0.1) is 0 Å². The lowest BCUT2D eigenvalue weighted by Crippen LogP contribution is -2.42. The highest BCUT2D eigenvalue weighted by molar-refractivity contribution is 6.31. The number of hydrogen-bond donors (Lipinski definition) is 1. The van der Waals surface area contributed by atoms with Crippen molar-refractivity contribution >= 4 is 23.5 Å². The summed E-state index contributed by atoms with van der Waals surface area (Å²) in [5, 5.41) is 9.44. The van der Waals surface area contributed by atoms with Crippen molar-refractivity contribution in [2.75, 3.05) is 19.7 Å². The molecule has 0 radical (unpaired) electrons. The van der Waals surface area contributed by atoms with Crippen LogP contribution < -0.4 is 0 Å². The van der Waals surface area contributed by atoms with Crippen LogP contribution in [0.25, 0.3) is 0 Å². The second-order valence-corrected chi connectivity index (χ2v) is 5.51. The molecule has 1 aliphatic rings. The Bertz CT molecular complexity index is 742. The molecule has 0 saturated carbocycles. The van der Waals surface area contributed by atoms with Gasteiger partial charge in [0.2, 0.25) is 5.76 Å². The first kappa shape index (κ1) is 15.6. The third-order valence-electron chi connectivity index (χ3n) is 3.63. The third-order valence-corrected chi connectivity index (χ3v) is 3.98. The number of furan rings is 1. The molecule has 1 saturated heterocycles. The Balaban J connectivity index is 1.76. The van der Waals surface area contributed by atoms with Crippen molar-refractivity contribution in [1.82, 2.24) is 4.90 Å². The monoisotopic (exact) mass is 335 g/mol. The minimum absolute atomic E-state index is 0.00205. The maximum atomic E-state index is 12.4. The number of carbonyl (C=O) groups excluding carboxylic acids is 1. The van der Waals surface area contributed by atoms with E-state index in [2.05, 4.69) is 0 Å². The molecule has 23 heavy (non-hydrogen) atoms. The largest absolute Gasteiger partial charge is 0.475 e. The molecule has 1 atom stereocenters. The molecule has 0 bridgehead atoms. The first-order chi connectivity index (χ1) is 11.1. The molecular formula is C16H14ClNO5. The highest BCUT2D eigenvalue weighted by Crippen LogP contribution is 2.29. The van der Waals surface area contributed by atoms with E-state index in [4.69, 9.17) is 25.9 Å². The number of morpholine rings is 1. The zero-order valence-corrected chi connectivity index (χ0v) is 12.8. The van der Waals surface area contributed by atoms with Crippen LogP contribution in [0.3, 0.4) is 0 Å². The second-order valence-electron chi connectivity index (χ2n) is 5.10. The highest BCUT2D eigenvalue weighted by Gasteiger charge is 2.29. The van der Waals surface area contributed by atoms with Gasteiger partial charge in [-0.1, -0.05) is 29.8 Å². The first-order valence-corrected chi connectivity index (χ1v) is 7.42. The summed E-state index contributed by atoms with van der Waals surface area (Å²) in [6, 6.07) is 9.95. The molecular weight excluding hydrogens is 322 g/mol. The lowest BCUT2D eigenvalue weighted by molar-refractivity contribution is -0.0237. The number of carbonyl (C=O) groups is 2. The van der Waals surface area contributed by atoms with Gasteiger partial charge < -0.3 is 19.2 Å². The van der Waals surface area contributed by atoms with Gasteiger partial charge in [-0.3, -0.25) is 4.79 Å². The quantitative estimate of drug-likeness (QED) is 0.933. The van der Waals surface area contributed by atoms with Crippen LogP contribution in [0.5, 0.6) is 0 Å². The van der Waals surface area contributed by atoms with Crippen LogP contribution in [0.15, 0.2) is 40.8 Å². The Morgan fingerprint density at radius 2 is 1.91 bits per heavy atom. The van der Waals surface area contributed by atoms with Crippen molar-refractivity contribution in [3.05, 3.63) is 58.5 Å². The lowest BCUT2D eigenvalue weighted by atomic mass is 10.1. The molecule has 0 aliphatic carbocycles. The number of ether oxygens (including phenoxy) is 1. The Morgan fingerprint density at radius 3 is 2.61 bits per heavy atom. The fourth-order valence-corrected chi connectivity index (χ4v) is 2.74.